The van der Waals surface area contributed by atoms with Crippen LogP contribution >= 0.6 is 0 Å². The van der Waals surface area contributed by atoms with Crippen LogP contribution < -0.4 is 15.6 Å². The maximum atomic E-state index is 12.6. The number of benzene rings is 3. The van der Waals surface area contributed by atoms with Gasteiger partial charge in [-0.25, -0.2) is 0 Å². The Balaban J connectivity index is 1.73. The number of nitrogens with zero attached hydrogens (tertiary/aromatic N) is 1. The molecule has 0 spiro atoms. The fraction of sp³-hybridized carbons (Fsp3) is 0.0417. The minimum atomic E-state index is -1.90. The van der Waals surface area contributed by atoms with Crippen molar-refractivity contribution >= 4 is 12.6 Å². The summed E-state index contributed by atoms with van der Waals surface area (Å²) in [5.74, 6) is 0.0505. The Bertz CT molecular complexity index is 1190. The van der Waals surface area contributed by atoms with Gasteiger partial charge in [0.2, 0.25) is 5.43 Å². The highest BCUT2D eigenvalue weighted by Gasteiger charge is 2.20. The topological polar surface area (TPSA) is 71.7 Å². The van der Waals surface area contributed by atoms with Crippen LogP contribution in [-0.4, -0.2) is 21.7 Å². The van der Waals surface area contributed by atoms with Crippen molar-refractivity contribution < 1.29 is 14.8 Å². The van der Waals surface area contributed by atoms with Crippen LogP contribution in [0.25, 0.3) is 16.8 Å². The summed E-state index contributed by atoms with van der Waals surface area (Å²) in [7, 11) is -1.90. The lowest BCUT2D eigenvalue weighted by atomic mass is 9.81. The van der Waals surface area contributed by atoms with E-state index >= 15 is 0 Å². The van der Waals surface area contributed by atoms with Gasteiger partial charge in [0.1, 0.15) is 6.61 Å². The lowest BCUT2D eigenvalue weighted by Gasteiger charge is -2.14. The maximum Gasteiger partial charge on any atom is 0.494 e. The fourth-order valence-electron chi connectivity index (χ4n) is 3.22. The average Bonchev–Trinajstić information content (AvgIpc) is 2.79. The van der Waals surface area contributed by atoms with Crippen LogP contribution in [0.4, 0.5) is 0 Å². The Morgan fingerprint density at radius 3 is 2.17 bits per heavy atom. The van der Waals surface area contributed by atoms with Crippen LogP contribution in [-0.2, 0) is 6.61 Å². The standard InChI is InChI=1S/C24H20BNO4/c27-24-22(25(28)29)15-26(16-23(24)30-17-18-8-3-1-4-9-18)21-13-7-12-20(14-21)19-10-5-2-6-11-19/h1-16,28-29H,17H2. The van der Waals surface area contributed by atoms with Gasteiger partial charge in [0, 0.05) is 11.9 Å². The molecule has 0 bridgehead atoms. The summed E-state index contributed by atoms with van der Waals surface area (Å²) < 4.78 is 7.40. The Morgan fingerprint density at radius 1 is 0.800 bits per heavy atom. The Hall–Kier alpha value is -3.61. The van der Waals surface area contributed by atoms with Gasteiger partial charge in [-0.2, -0.15) is 0 Å². The van der Waals surface area contributed by atoms with Crippen molar-refractivity contribution in [3.05, 3.63) is 113 Å². The summed E-state index contributed by atoms with van der Waals surface area (Å²) in [4.78, 5) is 12.6. The van der Waals surface area contributed by atoms with E-state index in [0.717, 1.165) is 22.4 Å². The molecule has 0 atom stereocenters. The molecule has 148 valence electrons. The van der Waals surface area contributed by atoms with Crippen LogP contribution in [0.2, 0.25) is 0 Å². The van der Waals surface area contributed by atoms with E-state index in [4.69, 9.17) is 4.74 Å². The zero-order chi connectivity index (χ0) is 20.9. The second kappa shape index (κ2) is 8.82. The monoisotopic (exact) mass is 397 g/mol. The third-order valence-electron chi connectivity index (χ3n) is 4.79. The SMILES string of the molecule is O=c1c(OCc2ccccc2)cn(-c2cccc(-c3ccccc3)c2)cc1B(O)O. The van der Waals surface area contributed by atoms with E-state index < -0.39 is 12.5 Å². The number of hydrogen-bond acceptors (Lipinski definition) is 4. The molecule has 0 amide bonds. The van der Waals surface area contributed by atoms with E-state index in [1.54, 1.807) is 10.8 Å². The second-order valence-corrected chi connectivity index (χ2v) is 6.88. The third kappa shape index (κ3) is 4.35. The first kappa shape index (κ1) is 19.7. The molecule has 1 aromatic heterocycles. The van der Waals surface area contributed by atoms with E-state index in [-0.39, 0.29) is 17.8 Å². The first-order chi connectivity index (χ1) is 14.6. The molecule has 0 fully saturated rings. The molecule has 0 saturated heterocycles. The van der Waals surface area contributed by atoms with Crippen LogP contribution in [0.3, 0.4) is 0 Å². The van der Waals surface area contributed by atoms with Gasteiger partial charge in [0.05, 0.1) is 11.7 Å². The van der Waals surface area contributed by atoms with Gasteiger partial charge in [0.15, 0.2) is 5.75 Å². The highest BCUT2D eigenvalue weighted by atomic mass is 16.5. The van der Waals surface area contributed by atoms with Crippen molar-refractivity contribution in [1.82, 2.24) is 4.57 Å². The maximum absolute atomic E-state index is 12.6. The van der Waals surface area contributed by atoms with E-state index in [2.05, 4.69) is 0 Å². The summed E-state index contributed by atoms with van der Waals surface area (Å²) in [6, 6.07) is 27.2. The number of rotatable bonds is 6. The molecule has 0 aliphatic carbocycles. The van der Waals surface area contributed by atoms with Gasteiger partial charge in [-0.15, -0.1) is 0 Å². The van der Waals surface area contributed by atoms with Crippen molar-refractivity contribution in [2.24, 2.45) is 0 Å². The summed E-state index contributed by atoms with van der Waals surface area (Å²) in [6.07, 6.45) is 2.99. The molecule has 1 heterocycles. The molecule has 3 aromatic carbocycles. The van der Waals surface area contributed by atoms with Crippen LogP contribution in [0.1, 0.15) is 5.56 Å². The highest BCUT2D eigenvalue weighted by Crippen LogP contribution is 2.22. The predicted molar refractivity (Wildman–Crippen MR) is 118 cm³/mol. The van der Waals surface area contributed by atoms with Gasteiger partial charge in [-0.05, 0) is 28.8 Å². The third-order valence-corrected chi connectivity index (χ3v) is 4.79. The molecule has 4 aromatic rings. The zero-order valence-electron chi connectivity index (χ0n) is 16.2. The summed E-state index contributed by atoms with van der Waals surface area (Å²) in [5.41, 5.74) is 3.04. The molecule has 2 N–H and O–H groups in total. The normalized spacial score (nSPS) is 10.6. The molecule has 6 heteroatoms. The second-order valence-electron chi connectivity index (χ2n) is 6.88. The number of hydrogen-bond donors (Lipinski definition) is 2. The fourth-order valence-corrected chi connectivity index (χ4v) is 3.22. The van der Waals surface area contributed by atoms with Crippen molar-refractivity contribution in [2.45, 2.75) is 6.61 Å². The van der Waals surface area contributed by atoms with Gasteiger partial charge in [-0.1, -0.05) is 72.8 Å². The average molecular weight is 397 g/mol. The minimum Gasteiger partial charge on any atom is -0.483 e. The van der Waals surface area contributed by atoms with E-state index in [0.29, 0.717) is 0 Å². The van der Waals surface area contributed by atoms with Crippen molar-refractivity contribution in [3.63, 3.8) is 0 Å². The quantitative estimate of drug-likeness (QED) is 0.491. The Morgan fingerprint density at radius 2 is 1.47 bits per heavy atom. The molecule has 4 rings (SSSR count). The number of ether oxygens (including phenoxy) is 1. The first-order valence-corrected chi connectivity index (χ1v) is 9.57. The Labute approximate surface area is 174 Å². The first-order valence-electron chi connectivity index (χ1n) is 9.57. The smallest absolute Gasteiger partial charge is 0.483 e. The molecule has 30 heavy (non-hydrogen) atoms. The molecule has 0 saturated carbocycles. The molecular formula is C24H20BNO4. The predicted octanol–water partition coefficient (Wildman–Crippen LogP) is 2.76. The van der Waals surface area contributed by atoms with Gasteiger partial charge < -0.3 is 19.4 Å². The lowest BCUT2D eigenvalue weighted by molar-refractivity contribution is 0.301. The molecule has 0 aliphatic rings. The van der Waals surface area contributed by atoms with Crippen LogP contribution in [0.15, 0.2) is 102 Å². The molecule has 0 radical (unpaired) electrons. The highest BCUT2D eigenvalue weighted by molar-refractivity contribution is 6.58. The van der Waals surface area contributed by atoms with Gasteiger partial charge in [0.25, 0.3) is 0 Å². The van der Waals surface area contributed by atoms with E-state index in [1.165, 1.54) is 6.20 Å². The summed E-state index contributed by atoms with van der Waals surface area (Å²) in [6.45, 7) is 0.200. The van der Waals surface area contributed by atoms with E-state index in [1.807, 2.05) is 84.9 Å². The minimum absolute atomic E-state index is 0.0505. The molecule has 5 nitrogen and oxygen atoms in total. The van der Waals surface area contributed by atoms with Crippen molar-refractivity contribution in [3.8, 4) is 22.6 Å². The zero-order valence-corrected chi connectivity index (χ0v) is 16.2. The number of aromatic nitrogens is 1. The molecule has 0 unspecified atom stereocenters. The Kier molecular flexibility index (Phi) is 5.79. The van der Waals surface area contributed by atoms with Gasteiger partial charge in [-0.3, -0.25) is 4.79 Å². The number of pyridine rings is 1. The van der Waals surface area contributed by atoms with Crippen molar-refractivity contribution in [2.75, 3.05) is 0 Å². The largest absolute Gasteiger partial charge is 0.494 e. The van der Waals surface area contributed by atoms with Crippen LogP contribution in [0.5, 0.6) is 5.75 Å². The summed E-state index contributed by atoms with van der Waals surface area (Å²) >= 11 is 0. The molecular weight excluding hydrogens is 377 g/mol. The van der Waals surface area contributed by atoms with E-state index in [9.17, 15) is 14.8 Å². The lowest BCUT2D eigenvalue weighted by Crippen LogP contribution is -2.42. The summed E-state index contributed by atoms with van der Waals surface area (Å²) in [5, 5.41) is 19.4. The van der Waals surface area contributed by atoms with Crippen LogP contribution in [0, 0.1) is 0 Å². The van der Waals surface area contributed by atoms with Crippen molar-refractivity contribution in [1.29, 1.82) is 0 Å². The molecule has 0 aliphatic heterocycles. The van der Waals surface area contributed by atoms with Gasteiger partial charge >= 0.3 is 7.12 Å².